The van der Waals surface area contributed by atoms with Crippen LogP contribution in [0.5, 0.6) is 0 Å². The van der Waals surface area contributed by atoms with Crippen molar-refractivity contribution in [3.63, 3.8) is 0 Å². The Kier molecular flexibility index (Phi) is 9.04. The molecule has 0 saturated heterocycles. The number of hydrogen-bond donors (Lipinski definition) is 1. The number of amides is 1. The lowest BCUT2D eigenvalue weighted by Crippen LogP contribution is -2.27. The van der Waals surface area contributed by atoms with Crippen molar-refractivity contribution in [3.8, 4) is 0 Å². The number of carbonyl (C=O) groups is 1. The van der Waals surface area contributed by atoms with Gasteiger partial charge in [0.2, 0.25) is 5.91 Å². The van der Waals surface area contributed by atoms with Gasteiger partial charge in [0, 0.05) is 23.8 Å². The van der Waals surface area contributed by atoms with Crippen LogP contribution in [0.15, 0.2) is 42.5 Å². The van der Waals surface area contributed by atoms with Crippen molar-refractivity contribution in [3.05, 3.63) is 69.2 Å². The lowest BCUT2D eigenvalue weighted by molar-refractivity contribution is -0.118. The second-order valence-electron chi connectivity index (χ2n) is 5.63. The Morgan fingerprint density at radius 2 is 1.64 bits per heavy atom. The van der Waals surface area contributed by atoms with Crippen molar-refractivity contribution >= 4 is 52.6 Å². The summed E-state index contributed by atoms with van der Waals surface area (Å²) in [5.74, 6) is 3.15. The molecule has 0 unspecified atom stereocenters. The number of nitrogens with one attached hydrogen (secondary N) is 1. The van der Waals surface area contributed by atoms with Gasteiger partial charge in [-0.15, -0.1) is 11.8 Å². The van der Waals surface area contributed by atoms with Gasteiger partial charge < -0.3 is 5.32 Å². The molecule has 1 amide bonds. The molecule has 0 radical (unpaired) electrons. The number of benzene rings is 2. The third-order valence-corrected chi connectivity index (χ3v) is 6.22. The van der Waals surface area contributed by atoms with Gasteiger partial charge in [-0.2, -0.15) is 11.8 Å². The minimum atomic E-state index is 0.0704. The van der Waals surface area contributed by atoms with Gasteiger partial charge in [-0.25, -0.2) is 0 Å². The third kappa shape index (κ3) is 7.95. The molecule has 2 aromatic carbocycles. The molecule has 0 aliphatic carbocycles. The van der Waals surface area contributed by atoms with Crippen molar-refractivity contribution in [2.75, 3.05) is 18.1 Å². The van der Waals surface area contributed by atoms with E-state index < -0.39 is 0 Å². The average Bonchev–Trinajstić information content (AvgIpc) is 2.59. The van der Waals surface area contributed by atoms with E-state index >= 15 is 0 Å². The van der Waals surface area contributed by atoms with Gasteiger partial charge in [0.15, 0.2) is 0 Å². The Labute approximate surface area is 168 Å². The quantitative estimate of drug-likeness (QED) is 0.543. The van der Waals surface area contributed by atoms with Crippen LogP contribution in [0.2, 0.25) is 10.0 Å². The highest BCUT2D eigenvalue weighted by molar-refractivity contribution is 7.99. The van der Waals surface area contributed by atoms with E-state index in [-0.39, 0.29) is 5.91 Å². The number of thioether (sulfide) groups is 2. The van der Waals surface area contributed by atoms with Gasteiger partial charge in [0.05, 0.1) is 15.8 Å². The number of rotatable bonds is 9. The summed E-state index contributed by atoms with van der Waals surface area (Å²) in [7, 11) is 0. The topological polar surface area (TPSA) is 29.1 Å². The second kappa shape index (κ2) is 11.0. The first-order chi connectivity index (χ1) is 12.0. The fourth-order valence-electron chi connectivity index (χ4n) is 2.08. The number of aryl methyl sites for hydroxylation is 1. The zero-order valence-electron chi connectivity index (χ0n) is 14.1. The van der Waals surface area contributed by atoms with Crippen molar-refractivity contribution in [1.29, 1.82) is 0 Å². The van der Waals surface area contributed by atoms with Crippen LogP contribution in [0.3, 0.4) is 0 Å². The van der Waals surface area contributed by atoms with Crippen LogP contribution < -0.4 is 5.32 Å². The summed E-state index contributed by atoms with van der Waals surface area (Å²) in [5.41, 5.74) is 3.67. The molecule has 0 spiro atoms. The second-order valence-corrected chi connectivity index (χ2v) is 8.53. The highest BCUT2D eigenvalue weighted by Crippen LogP contribution is 2.24. The molecule has 0 fully saturated rings. The molecule has 2 rings (SSSR count). The van der Waals surface area contributed by atoms with E-state index in [4.69, 9.17) is 23.2 Å². The van der Waals surface area contributed by atoms with Crippen molar-refractivity contribution in [2.24, 2.45) is 0 Å². The number of hydrogen-bond acceptors (Lipinski definition) is 3. The predicted octanol–water partition coefficient (Wildman–Crippen LogP) is 5.58. The summed E-state index contributed by atoms with van der Waals surface area (Å²) in [4.78, 5) is 11.8. The summed E-state index contributed by atoms with van der Waals surface area (Å²) in [6, 6.07) is 14.1. The van der Waals surface area contributed by atoms with Crippen LogP contribution in [0.25, 0.3) is 0 Å². The standard InChI is InChI=1S/C19H21Cl2NOS2/c1-14-2-4-15(5-3-14)11-24-9-8-22-19(23)13-25-12-16-6-7-17(20)18(21)10-16/h2-7,10H,8-9,11-13H2,1H3,(H,22,23). The largest absolute Gasteiger partial charge is 0.355 e. The minimum absolute atomic E-state index is 0.0704. The zero-order valence-corrected chi connectivity index (χ0v) is 17.2. The first kappa shape index (κ1) is 20.5. The van der Waals surface area contributed by atoms with Crippen molar-refractivity contribution in [2.45, 2.75) is 18.4 Å². The summed E-state index contributed by atoms with van der Waals surface area (Å²) in [6.07, 6.45) is 0. The highest BCUT2D eigenvalue weighted by Gasteiger charge is 2.04. The Morgan fingerprint density at radius 1 is 0.960 bits per heavy atom. The first-order valence-electron chi connectivity index (χ1n) is 7.96. The highest BCUT2D eigenvalue weighted by atomic mass is 35.5. The fraction of sp³-hybridized carbons (Fsp3) is 0.316. The molecular weight excluding hydrogens is 393 g/mol. The maximum Gasteiger partial charge on any atom is 0.230 e. The van der Waals surface area contributed by atoms with Gasteiger partial charge >= 0.3 is 0 Å². The van der Waals surface area contributed by atoms with E-state index in [0.717, 1.165) is 22.8 Å². The number of halogens is 2. The molecule has 0 aromatic heterocycles. The molecule has 2 aromatic rings. The van der Waals surface area contributed by atoms with Gasteiger partial charge in [-0.3, -0.25) is 4.79 Å². The monoisotopic (exact) mass is 413 g/mol. The number of carbonyl (C=O) groups excluding carboxylic acids is 1. The third-order valence-electron chi connectivity index (χ3n) is 3.44. The van der Waals surface area contributed by atoms with Gasteiger partial charge in [-0.05, 0) is 30.2 Å². The molecule has 0 aliphatic heterocycles. The summed E-state index contributed by atoms with van der Waals surface area (Å²) in [6.45, 7) is 2.79. The molecule has 0 heterocycles. The molecule has 2 nitrogen and oxygen atoms in total. The molecule has 0 saturated carbocycles. The summed E-state index contributed by atoms with van der Waals surface area (Å²) < 4.78 is 0. The molecule has 25 heavy (non-hydrogen) atoms. The van der Waals surface area contributed by atoms with Crippen LogP contribution in [-0.4, -0.2) is 24.0 Å². The smallest absolute Gasteiger partial charge is 0.230 e. The normalized spacial score (nSPS) is 10.7. The SMILES string of the molecule is Cc1ccc(CSCCNC(=O)CSCc2ccc(Cl)c(Cl)c2)cc1. The van der Waals surface area contributed by atoms with Crippen LogP contribution >= 0.6 is 46.7 Å². The molecular formula is C19H21Cl2NOS2. The Balaban J connectivity index is 1.54. The van der Waals surface area contributed by atoms with E-state index in [1.54, 1.807) is 17.8 Å². The zero-order chi connectivity index (χ0) is 18.1. The van der Waals surface area contributed by atoms with Gasteiger partial charge in [0.1, 0.15) is 0 Å². The van der Waals surface area contributed by atoms with Crippen LogP contribution in [-0.2, 0) is 16.3 Å². The molecule has 0 bridgehead atoms. The molecule has 134 valence electrons. The minimum Gasteiger partial charge on any atom is -0.355 e. The van der Waals surface area contributed by atoms with Gasteiger partial charge in [-0.1, -0.05) is 59.1 Å². The molecule has 6 heteroatoms. The Bertz CT molecular complexity index is 692. The van der Waals surface area contributed by atoms with Gasteiger partial charge in [0.25, 0.3) is 0 Å². The fourth-order valence-corrected chi connectivity index (χ4v) is 4.02. The lowest BCUT2D eigenvalue weighted by atomic mass is 10.2. The maximum absolute atomic E-state index is 11.8. The predicted molar refractivity (Wildman–Crippen MR) is 113 cm³/mol. The molecule has 0 atom stereocenters. The summed E-state index contributed by atoms with van der Waals surface area (Å²) >= 11 is 15.3. The molecule has 1 N–H and O–H groups in total. The lowest BCUT2D eigenvalue weighted by Gasteiger charge is -2.06. The maximum atomic E-state index is 11.8. The van der Waals surface area contributed by atoms with Crippen LogP contribution in [0, 0.1) is 6.92 Å². The van der Waals surface area contributed by atoms with E-state index in [9.17, 15) is 4.79 Å². The average molecular weight is 414 g/mol. The van der Waals surface area contributed by atoms with E-state index in [1.165, 1.54) is 11.1 Å². The van der Waals surface area contributed by atoms with Crippen molar-refractivity contribution < 1.29 is 4.79 Å². The van der Waals surface area contributed by atoms with Crippen molar-refractivity contribution in [1.82, 2.24) is 5.32 Å². The van der Waals surface area contributed by atoms with E-state index in [2.05, 4.69) is 36.5 Å². The summed E-state index contributed by atoms with van der Waals surface area (Å²) in [5, 5.41) is 4.06. The first-order valence-corrected chi connectivity index (χ1v) is 11.0. The van der Waals surface area contributed by atoms with Crippen LogP contribution in [0.4, 0.5) is 0 Å². The van der Waals surface area contributed by atoms with Crippen LogP contribution in [0.1, 0.15) is 16.7 Å². The Hall–Kier alpha value is -0.810. The van der Waals surface area contributed by atoms with E-state index in [1.807, 2.05) is 23.9 Å². The Morgan fingerprint density at radius 3 is 2.36 bits per heavy atom. The van der Waals surface area contributed by atoms with E-state index in [0.29, 0.717) is 22.3 Å². The molecule has 0 aliphatic rings.